The quantitative estimate of drug-likeness (QED) is 0.347. The van der Waals surface area contributed by atoms with Gasteiger partial charge in [0.05, 0.1) is 4.92 Å². The highest BCUT2D eigenvalue weighted by atomic mass is 16.6. The molecule has 1 amide bonds. The van der Waals surface area contributed by atoms with Crippen molar-refractivity contribution < 1.29 is 24.4 Å². The number of benzene rings is 1. The van der Waals surface area contributed by atoms with Gasteiger partial charge in [-0.2, -0.15) is 0 Å². The summed E-state index contributed by atoms with van der Waals surface area (Å²) in [5.74, 6) is -0.700. The summed E-state index contributed by atoms with van der Waals surface area (Å²) < 4.78 is 4.71. The normalized spacial score (nSPS) is 9.41. The molecular weight excluding hydrogens is 232 g/mol. The van der Waals surface area contributed by atoms with Crippen LogP contribution >= 0.6 is 0 Å². The molecule has 0 aliphatic carbocycles. The SMILES string of the molecule is O=C(O)NCC(=O)Oc1ccc([N+](=O)[O-])cc1. The van der Waals surface area contributed by atoms with Crippen LogP contribution in [0, 0.1) is 10.1 Å². The molecule has 8 heteroatoms. The van der Waals surface area contributed by atoms with Crippen molar-refractivity contribution in [3.8, 4) is 5.75 Å². The molecule has 0 bridgehead atoms. The summed E-state index contributed by atoms with van der Waals surface area (Å²) in [6.45, 7) is -0.494. The number of carbonyl (C=O) groups is 2. The molecule has 0 saturated carbocycles. The second-order valence-electron chi connectivity index (χ2n) is 2.88. The zero-order chi connectivity index (χ0) is 12.8. The van der Waals surface area contributed by atoms with E-state index in [0.717, 1.165) is 0 Å². The zero-order valence-corrected chi connectivity index (χ0v) is 8.45. The maximum atomic E-state index is 11.1. The summed E-state index contributed by atoms with van der Waals surface area (Å²) in [6, 6.07) is 4.84. The Labute approximate surface area is 95.0 Å². The fourth-order valence-corrected chi connectivity index (χ4v) is 0.951. The number of hydrogen-bond acceptors (Lipinski definition) is 5. The summed E-state index contributed by atoms with van der Waals surface area (Å²) in [4.78, 5) is 30.9. The molecule has 0 aliphatic heterocycles. The highest BCUT2D eigenvalue weighted by Crippen LogP contribution is 2.17. The van der Waals surface area contributed by atoms with Crippen LogP contribution in [0.3, 0.4) is 0 Å². The number of hydrogen-bond donors (Lipinski definition) is 2. The molecule has 0 atom stereocenters. The van der Waals surface area contributed by atoms with Gasteiger partial charge in [-0.1, -0.05) is 0 Å². The van der Waals surface area contributed by atoms with Gasteiger partial charge in [0.25, 0.3) is 5.69 Å². The molecule has 1 rings (SSSR count). The fraction of sp³-hybridized carbons (Fsp3) is 0.111. The highest BCUT2D eigenvalue weighted by Gasteiger charge is 2.08. The monoisotopic (exact) mass is 240 g/mol. The maximum absolute atomic E-state index is 11.1. The van der Waals surface area contributed by atoms with Crippen LogP contribution in [0.15, 0.2) is 24.3 Å². The maximum Gasteiger partial charge on any atom is 0.405 e. The van der Waals surface area contributed by atoms with Crippen LogP contribution in [-0.2, 0) is 4.79 Å². The molecule has 2 N–H and O–H groups in total. The molecule has 17 heavy (non-hydrogen) atoms. The number of amides is 1. The Balaban J connectivity index is 2.54. The Morgan fingerprint density at radius 3 is 2.41 bits per heavy atom. The van der Waals surface area contributed by atoms with E-state index in [1.54, 1.807) is 0 Å². The number of nitrogens with one attached hydrogen (secondary N) is 1. The Kier molecular flexibility index (Phi) is 3.98. The number of ether oxygens (including phenoxy) is 1. The predicted octanol–water partition coefficient (Wildman–Crippen LogP) is 0.768. The van der Waals surface area contributed by atoms with E-state index in [2.05, 4.69) is 0 Å². The van der Waals surface area contributed by atoms with Crippen LogP contribution in [-0.4, -0.2) is 28.6 Å². The zero-order valence-electron chi connectivity index (χ0n) is 8.45. The minimum Gasteiger partial charge on any atom is -0.465 e. The summed E-state index contributed by atoms with van der Waals surface area (Å²) >= 11 is 0. The highest BCUT2D eigenvalue weighted by molar-refractivity contribution is 5.78. The number of nitrogens with zero attached hydrogens (tertiary/aromatic N) is 1. The summed E-state index contributed by atoms with van der Waals surface area (Å²) in [5, 5.41) is 20.4. The number of carbonyl (C=O) groups excluding carboxylic acids is 1. The minimum atomic E-state index is -1.34. The van der Waals surface area contributed by atoms with Gasteiger partial charge in [0.1, 0.15) is 12.3 Å². The number of rotatable bonds is 4. The van der Waals surface area contributed by atoms with Gasteiger partial charge in [-0.25, -0.2) is 9.59 Å². The van der Waals surface area contributed by atoms with E-state index in [1.807, 2.05) is 5.32 Å². The largest absolute Gasteiger partial charge is 0.465 e. The lowest BCUT2D eigenvalue weighted by Crippen LogP contribution is -2.30. The third-order valence-corrected chi connectivity index (χ3v) is 1.66. The third-order valence-electron chi connectivity index (χ3n) is 1.66. The van der Waals surface area contributed by atoms with E-state index >= 15 is 0 Å². The van der Waals surface area contributed by atoms with Gasteiger partial charge in [-0.15, -0.1) is 0 Å². The second kappa shape index (κ2) is 5.45. The number of carboxylic acid groups (broad SMARTS) is 1. The van der Waals surface area contributed by atoms with Crippen molar-refractivity contribution >= 4 is 17.7 Å². The van der Waals surface area contributed by atoms with Gasteiger partial charge in [0, 0.05) is 12.1 Å². The standard InChI is InChI=1S/C9H8N2O6/c12-8(5-10-9(13)14)17-7-3-1-6(2-4-7)11(15)16/h1-4,10H,5H2,(H,13,14). The first-order chi connectivity index (χ1) is 7.99. The topological polar surface area (TPSA) is 119 Å². The van der Waals surface area contributed by atoms with Crippen molar-refractivity contribution in [2.24, 2.45) is 0 Å². The van der Waals surface area contributed by atoms with Crippen LogP contribution in [0.4, 0.5) is 10.5 Å². The molecule has 1 aromatic rings. The Morgan fingerprint density at radius 1 is 1.35 bits per heavy atom. The Hall–Kier alpha value is -2.64. The molecule has 0 saturated heterocycles. The molecule has 90 valence electrons. The van der Waals surface area contributed by atoms with Crippen molar-refractivity contribution in [2.75, 3.05) is 6.54 Å². The average Bonchev–Trinajstić information content (AvgIpc) is 2.27. The van der Waals surface area contributed by atoms with E-state index in [1.165, 1.54) is 24.3 Å². The number of esters is 1. The van der Waals surface area contributed by atoms with Gasteiger partial charge in [0.15, 0.2) is 0 Å². The van der Waals surface area contributed by atoms with Gasteiger partial charge >= 0.3 is 12.1 Å². The summed E-state index contributed by atoms with van der Waals surface area (Å²) in [6.07, 6.45) is -1.34. The van der Waals surface area contributed by atoms with Crippen molar-refractivity contribution in [2.45, 2.75) is 0 Å². The van der Waals surface area contributed by atoms with Crippen LogP contribution < -0.4 is 10.1 Å². The predicted molar refractivity (Wildman–Crippen MR) is 54.8 cm³/mol. The molecule has 0 aromatic heterocycles. The first-order valence-electron chi connectivity index (χ1n) is 4.41. The van der Waals surface area contributed by atoms with Gasteiger partial charge in [-0.3, -0.25) is 10.1 Å². The molecular formula is C9H8N2O6. The molecule has 0 fully saturated rings. The van der Waals surface area contributed by atoms with Crippen LogP contribution in [0.1, 0.15) is 0 Å². The van der Waals surface area contributed by atoms with Crippen LogP contribution in [0.2, 0.25) is 0 Å². The Bertz CT molecular complexity index is 441. The van der Waals surface area contributed by atoms with Crippen molar-refractivity contribution in [1.29, 1.82) is 0 Å². The third kappa shape index (κ3) is 4.16. The average molecular weight is 240 g/mol. The number of nitro benzene ring substituents is 1. The van der Waals surface area contributed by atoms with E-state index in [4.69, 9.17) is 9.84 Å². The molecule has 0 aliphatic rings. The molecule has 0 heterocycles. The molecule has 0 radical (unpaired) electrons. The van der Waals surface area contributed by atoms with Crippen LogP contribution in [0.25, 0.3) is 0 Å². The van der Waals surface area contributed by atoms with Crippen molar-refractivity contribution in [3.05, 3.63) is 34.4 Å². The van der Waals surface area contributed by atoms with Crippen molar-refractivity contribution in [1.82, 2.24) is 5.32 Å². The van der Waals surface area contributed by atoms with Crippen molar-refractivity contribution in [3.63, 3.8) is 0 Å². The number of non-ortho nitro benzene ring substituents is 1. The van der Waals surface area contributed by atoms with Gasteiger partial charge in [-0.05, 0) is 12.1 Å². The lowest BCUT2D eigenvalue weighted by atomic mass is 10.3. The van der Waals surface area contributed by atoms with Gasteiger partial charge < -0.3 is 15.2 Å². The second-order valence-corrected chi connectivity index (χ2v) is 2.88. The van der Waals surface area contributed by atoms with E-state index < -0.39 is 23.5 Å². The number of nitro groups is 1. The van der Waals surface area contributed by atoms with E-state index in [9.17, 15) is 19.7 Å². The first kappa shape index (κ1) is 12.4. The molecule has 0 spiro atoms. The van der Waals surface area contributed by atoms with E-state index in [0.29, 0.717) is 0 Å². The van der Waals surface area contributed by atoms with Crippen LogP contribution in [0.5, 0.6) is 5.75 Å². The summed E-state index contributed by atoms with van der Waals surface area (Å²) in [5.41, 5.74) is -0.131. The fourth-order valence-electron chi connectivity index (χ4n) is 0.951. The molecule has 0 unspecified atom stereocenters. The minimum absolute atomic E-state index is 0.104. The van der Waals surface area contributed by atoms with E-state index in [-0.39, 0.29) is 11.4 Å². The lowest BCUT2D eigenvalue weighted by Gasteiger charge is -2.03. The Morgan fingerprint density at radius 2 is 1.94 bits per heavy atom. The summed E-state index contributed by atoms with van der Waals surface area (Å²) in [7, 11) is 0. The molecule has 1 aromatic carbocycles. The first-order valence-corrected chi connectivity index (χ1v) is 4.41. The smallest absolute Gasteiger partial charge is 0.405 e. The molecule has 8 nitrogen and oxygen atoms in total. The lowest BCUT2D eigenvalue weighted by molar-refractivity contribution is -0.384. The van der Waals surface area contributed by atoms with Gasteiger partial charge in [0.2, 0.25) is 0 Å².